The van der Waals surface area contributed by atoms with Crippen LogP contribution in [-0.4, -0.2) is 30.9 Å². The van der Waals surface area contributed by atoms with E-state index in [-0.39, 0.29) is 11.2 Å². The second-order valence-corrected chi connectivity index (χ2v) is 4.88. The molecule has 0 heterocycles. The fourth-order valence-corrected chi connectivity index (χ4v) is 1.52. The summed E-state index contributed by atoms with van der Waals surface area (Å²) >= 11 is 4.44. The molecule has 0 saturated carbocycles. The van der Waals surface area contributed by atoms with Crippen LogP contribution in [0, 0.1) is 0 Å². The third-order valence-electron chi connectivity index (χ3n) is 1.41. The van der Waals surface area contributed by atoms with Crippen molar-refractivity contribution >= 4 is 27.5 Å². The van der Waals surface area contributed by atoms with Crippen molar-refractivity contribution in [2.24, 2.45) is 5.73 Å². The van der Waals surface area contributed by atoms with Crippen LogP contribution in [0.2, 0.25) is 0 Å². The number of nitrogens with zero attached hydrogens (tertiary/aromatic N) is 1. The van der Waals surface area contributed by atoms with Gasteiger partial charge in [-0.2, -0.15) is 12.7 Å². The third kappa shape index (κ3) is 4.36. The molecule has 0 aromatic rings. The van der Waals surface area contributed by atoms with E-state index in [2.05, 4.69) is 17.6 Å². The Balaban J connectivity index is 4.32. The lowest BCUT2D eigenvalue weighted by Crippen LogP contribution is -2.51. The highest BCUT2D eigenvalue weighted by atomic mass is 32.2. The molecule has 0 aromatic carbocycles. The Bertz CT molecular complexity index is 274. The highest BCUT2D eigenvalue weighted by molar-refractivity contribution is 7.87. The van der Waals surface area contributed by atoms with Gasteiger partial charge < -0.3 is 5.73 Å². The van der Waals surface area contributed by atoms with Crippen LogP contribution in [0.4, 0.5) is 0 Å². The zero-order valence-electron chi connectivity index (χ0n) is 7.73. The highest BCUT2D eigenvalue weighted by Crippen LogP contribution is 1.98. The molecule has 0 bridgehead atoms. The molecule has 13 heavy (non-hydrogen) atoms. The van der Waals surface area contributed by atoms with Gasteiger partial charge in [-0.25, -0.2) is 0 Å². The number of rotatable bonds is 4. The molecular weight excluding hydrogens is 212 g/mol. The van der Waals surface area contributed by atoms with Gasteiger partial charge in [-0.1, -0.05) is 0 Å². The van der Waals surface area contributed by atoms with Crippen LogP contribution in [0.3, 0.4) is 0 Å². The molecule has 8 heteroatoms. The number of hydrazine groups is 1. The summed E-state index contributed by atoms with van der Waals surface area (Å²) in [5, 5.41) is -0.124. The molecule has 78 valence electrons. The van der Waals surface area contributed by atoms with Crippen LogP contribution >= 0.6 is 12.2 Å². The SMILES string of the molecule is CC(C)N(C)S(=O)(=O)NNC(N)=S. The molecule has 0 fully saturated rings. The summed E-state index contributed by atoms with van der Waals surface area (Å²) in [7, 11) is -2.10. The normalized spacial score (nSPS) is 12.1. The Labute approximate surface area is 83.6 Å². The fourth-order valence-electron chi connectivity index (χ4n) is 0.464. The zero-order valence-corrected chi connectivity index (χ0v) is 9.37. The monoisotopic (exact) mass is 226 g/mol. The first-order valence-corrected chi connectivity index (χ1v) is 5.42. The summed E-state index contributed by atoms with van der Waals surface area (Å²) in [5.74, 6) is 0. The van der Waals surface area contributed by atoms with Gasteiger partial charge >= 0.3 is 0 Å². The van der Waals surface area contributed by atoms with Crippen LogP contribution in [0.25, 0.3) is 0 Å². The van der Waals surface area contributed by atoms with Gasteiger partial charge in [-0.15, -0.1) is 4.83 Å². The standard InChI is InChI=1S/C5H14N4O2S2/c1-4(2)9(3)13(10,11)8-7-5(6)12/h4,8H,1-3H3,(H3,6,7,12). The van der Waals surface area contributed by atoms with E-state index in [1.54, 1.807) is 13.8 Å². The van der Waals surface area contributed by atoms with Crippen molar-refractivity contribution < 1.29 is 8.42 Å². The lowest BCUT2D eigenvalue weighted by atomic mass is 10.4. The maximum absolute atomic E-state index is 11.3. The van der Waals surface area contributed by atoms with Crippen molar-refractivity contribution in [2.45, 2.75) is 19.9 Å². The van der Waals surface area contributed by atoms with Gasteiger partial charge in [0, 0.05) is 13.1 Å². The maximum Gasteiger partial charge on any atom is 0.296 e. The number of hydrogen-bond acceptors (Lipinski definition) is 3. The predicted molar refractivity (Wildman–Crippen MR) is 54.9 cm³/mol. The molecule has 0 saturated heterocycles. The topological polar surface area (TPSA) is 87.5 Å². The Morgan fingerprint density at radius 2 is 2.00 bits per heavy atom. The van der Waals surface area contributed by atoms with Gasteiger partial charge in [0.1, 0.15) is 0 Å². The number of thiocarbonyl (C=S) groups is 1. The average molecular weight is 226 g/mol. The van der Waals surface area contributed by atoms with Crippen molar-refractivity contribution in [1.29, 1.82) is 0 Å². The third-order valence-corrected chi connectivity index (χ3v) is 3.05. The van der Waals surface area contributed by atoms with E-state index in [0.717, 1.165) is 4.31 Å². The molecule has 0 aromatic heterocycles. The summed E-state index contributed by atoms with van der Waals surface area (Å²) in [6.07, 6.45) is 0. The zero-order chi connectivity index (χ0) is 10.6. The first kappa shape index (κ1) is 12.6. The van der Waals surface area contributed by atoms with Crippen LogP contribution in [0.15, 0.2) is 0 Å². The van der Waals surface area contributed by atoms with Crippen molar-refractivity contribution in [2.75, 3.05) is 7.05 Å². The van der Waals surface area contributed by atoms with E-state index < -0.39 is 10.2 Å². The minimum absolute atomic E-state index is 0.124. The molecular formula is C5H14N4O2S2. The van der Waals surface area contributed by atoms with E-state index in [1.165, 1.54) is 7.05 Å². The minimum atomic E-state index is -3.55. The van der Waals surface area contributed by atoms with Gasteiger partial charge in [0.25, 0.3) is 10.2 Å². The quantitative estimate of drug-likeness (QED) is 0.419. The summed E-state index contributed by atoms with van der Waals surface area (Å²) < 4.78 is 23.8. The molecule has 0 amide bonds. The molecule has 0 spiro atoms. The summed E-state index contributed by atoms with van der Waals surface area (Å²) in [4.78, 5) is 2.02. The predicted octanol–water partition coefficient (Wildman–Crippen LogP) is -1.09. The first-order chi connectivity index (χ1) is 5.77. The molecule has 0 aliphatic carbocycles. The Hall–Kier alpha value is -0.440. The van der Waals surface area contributed by atoms with E-state index in [4.69, 9.17) is 5.73 Å². The second kappa shape index (κ2) is 4.70. The number of hydrogen-bond donors (Lipinski definition) is 3. The second-order valence-electron chi connectivity index (χ2n) is 2.71. The maximum atomic E-state index is 11.3. The minimum Gasteiger partial charge on any atom is -0.375 e. The van der Waals surface area contributed by atoms with Gasteiger partial charge in [0.2, 0.25) is 0 Å². The average Bonchev–Trinajstić information content (AvgIpc) is 1.99. The van der Waals surface area contributed by atoms with Gasteiger partial charge in [0.05, 0.1) is 0 Å². The van der Waals surface area contributed by atoms with E-state index in [9.17, 15) is 8.42 Å². The highest BCUT2D eigenvalue weighted by Gasteiger charge is 2.19. The summed E-state index contributed by atoms with van der Waals surface area (Å²) in [6, 6.07) is -0.134. The van der Waals surface area contributed by atoms with Crippen molar-refractivity contribution in [1.82, 2.24) is 14.6 Å². The molecule has 4 N–H and O–H groups in total. The van der Waals surface area contributed by atoms with Crippen LogP contribution in [0.5, 0.6) is 0 Å². The molecule has 0 radical (unpaired) electrons. The van der Waals surface area contributed by atoms with Gasteiger partial charge in [0.15, 0.2) is 5.11 Å². The van der Waals surface area contributed by atoms with E-state index >= 15 is 0 Å². The Morgan fingerprint density at radius 1 is 1.54 bits per heavy atom. The molecule has 0 atom stereocenters. The molecule has 0 aliphatic heterocycles. The van der Waals surface area contributed by atoms with Crippen LogP contribution in [-0.2, 0) is 10.2 Å². The number of nitrogens with one attached hydrogen (secondary N) is 2. The largest absolute Gasteiger partial charge is 0.375 e. The fraction of sp³-hybridized carbons (Fsp3) is 0.800. The number of nitrogens with two attached hydrogens (primary N) is 1. The lowest BCUT2D eigenvalue weighted by molar-refractivity contribution is 0.400. The van der Waals surface area contributed by atoms with Gasteiger partial charge in [-0.3, -0.25) is 5.43 Å². The summed E-state index contributed by atoms with van der Waals surface area (Å²) in [5.41, 5.74) is 7.20. The smallest absolute Gasteiger partial charge is 0.296 e. The van der Waals surface area contributed by atoms with Crippen LogP contribution in [0.1, 0.15) is 13.8 Å². The molecule has 0 unspecified atom stereocenters. The van der Waals surface area contributed by atoms with E-state index in [0.29, 0.717) is 0 Å². The lowest BCUT2D eigenvalue weighted by Gasteiger charge is -2.21. The molecule has 0 rings (SSSR count). The van der Waals surface area contributed by atoms with Crippen molar-refractivity contribution in [3.8, 4) is 0 Å². The summed E-state index contributed by atoms with van der Waals surface area (Å²) in [6.45, 7) is 3.50. The molecule has 0 aliphatic rings. The Morgan fingerprint density at radius 3 is 2.31 bits per heavy atom. The first-order valence-electron chi connectivity index (χ1n) is 3.57. The Kier molecular flexibility index (Phi) is 4.54. The van der Waals surface area contributed by atoms with E-state index in [1.807, 2.05) is 4.83 Å². The van der Waals surface area contributed by atoms with Gasteiger partial charge in [-0.05, 0) is 26.1 Å². The van der Waals surface area contributed by atoms with Crippen molar-refractivity contribution in [3.05, 3.63) is 0 Å². The van der Waals surface area contributed by atoms with Crippen LogP contribution < -0.4 is 16.0 Å². The molecule has 6 nitrogen and oxygen atoms in total. The van der Waals surface area contributed by atoms with Crippen molar-refractivity contribution in [3.63, 3.8) is 0 Å².